The molecule has 0 aromatic heterocycles. The molecule has 1 aromatic rings. The first-order valence-electron chi connectivity index (χ1n) is 7.48. The van der Waals surface area contributed by atoms with E-state index in [4.69, 9.17) is 5.11 Å². The molecule has 3 rings (SSSR count). The maximum absolute atomic E-state index is 11.9. The van der Waals surface area contributed by atoms with E-state index in [0.717, 1.165) is 6.42 Å². The maximum Gasteiger partial charge on any atom is 0.315 e. The highest BCUT2D eigenvalue weighted by atomic mass is 16.3. The van der Waals surface area contributed by atoms with Crippen LogP contribution < -0.4 is 10.6 Å². The van der Waals surface area contributed by atoms with E-state index in [1.54, 1.807) is 6.92 Å². The number of amides is 2. The molecule has 108 valence electrons. The Morgan fingerprint density at radius 3 is 3.15 bits per heavy atom. The highest BCUT2D eigenvalue weighted by Gasteiger charge is 2.35. The molecule has 0 saturated carbocycles. The summed E-state index contributed by atoms with van der Waals surface area (Å²) in [5.74, 6) is 0.607. The predicted molar refractivity (Wildman–Crippen MR) is 77.7 cm³/mol. The summed E-state index contributed by atoms with van der Waals surface area (Å²) in [5, 5.41) is 14.8. The molecule has 0 spiro atoms. The van der Waals surface area contributed by atoms with E-state index in [-0.39, 0.29) is 24.7 Å². The molecule has 2 aliphatic rings. The Balaban J connectivity index is 1.75. The third-order valence-electron chi connectivity index (χ3n) is 4.49. The van der Waals surface area contributed by atoms with Crippen LogP contribution in [0.15, 0.2) is 18.2 Å². The van der Waals surface area contributed by atoms with Gasteiger partial charge >= 0.3 is 6.03 Å². The molecule has 2 aliphatic carbocycles. The van der Waals surface area contributed by atoms with Crippen molar-refractivity contribution in [3.63, 3.8) is 0 Å². The molecule has 2 unspecified atom stereocenters. The Labute approximate surface area is 119 Å². The minimum Gasteiger partial charge on any atom is -0.394 e. The molecule has 0 radical (unpaired) electrons. The molecular formula is C16H22N2O2. The lowest BCUT2D eigenvalue weighted by molar-refractivity contribution is 0.217. The standard InChI is InChI=1S/C16H22N2O2/c1-10(9-19)17-16(20)18-14-8-12-6-2-4-11-5-3-7-13(14)15(11)12/h3,5,7,10,12,14,19H,2,4,6,8-9H2,1H3,(H2,17,18,20)/t10-,12?,14?/m0/s1. The van der Waals surface area contributed by atoms with Crippen LogP contribution in [0.2, 0.25) is 0 Å². The lowest BCUT2D eigenvalue weighted by Gasteiger charge is -2.20. The zero-order valence-corrected chi connectivity index (χ0v) is 11.9. The van der Waals surface area contributed by atoms with E-state index in [2.05, 4.69) is 28.8 Å². The zero-order valence-electron chi connectivity index (χ0n) is 11.9. The van der Waals surface area contributed by atoms with Crippen molar-refractivity contribution in [3.05, 3.63) is 34.9 Å². The first kappa shape index (κ1) is 13.4. The van der Waals surface area contributed by atoms with Gasteiger partial charge in [-0.05, 0) is 55.2 Å². The van der Waals surface area contributed by atoms with Gasteiger partial charge in [0.1, 0.15) is 0 Å². The SMILES string of the molecule is C[C@@H](CO)NC(=O)NC1CC2CCCc3cccc1c32. The molecule has 4 heteroatoms. The van der Waals surface area contributed by atoms with E-state index in [1.165, 1.54) is 36.0 Å². The number of carbonyl (C=O) groups is 1. The predicted octanol–water partition coefficient (Wildman–Crippen LogP) is 2.23. The second-order valence-corrected chi connectivity index (χ2v) is 6.00. The van der Waals surface area contributed by atoms with Crippen molar-refractivity contribution in [3.8, 4) is 0 Å². The van der Waals surface area contributed by atoms with Crippen molar-refractivity contribution in [2.24, 2.45) is 0 Å². The van der Waals surface area contributed by atoms with Crippen LogP contribution in [0.4, 0.5) is 4.79 Å². The van der Waals surface area contributed by atoms with Gasteiger partial charge in [-0.25, -0.2) is 4.79 Å². The van der Waals surface area contributed by atoms with Crippen molar-refractivity contribution in [2.45, 2.75) is 50.6 Å². The second-order valence-electron chi connectivity index (χ2n) is 6.00. The van der Waals surface area contributed by atoms with Crippen LogP contribution in [0.5, 0.6) is 0 Å². The normalized spacial score (nSPS) is 24.9. The van der Waals surface area contributed by atoms with Crippen LogP contribution in [-0.4, -0.2) is 23.8 Å². The van der Waals surface area contributed by atoms with Crippen molar-refractivity contribution in [2.75, 3.05) is 6.61 Å². The summed E-state index contributed by atoms with van der Waals surface area (Å²) in [7, 11) is 0. The summed E-state index contributed by atoms with van der Waals surface area (Å²) in [6.45, 7) is 1.75. The van der Waals surface area contributed by atoms with Gasteiger partial charge in [0.15, 0.2) is 0 Å². The van der Waals surface area contributed by atoms with Crippen LogP contribution in [0.1, 0.15) is 54.8 Å². The number of aryl methyl sites for hydroxylation is 1. The Bertz CT molecular complexity index is 515. The van der Waals surface area contributed by atoms with Gasteiger partial charge in [-0.1, -0.05) is 18.2 Å². The molecule has 3 atom stereocenters. The van der Waals surface area contributed by atoms with E-state index in [0.29, 0.717) is 5.92 Å². The van der Waals surface area contributed by atoms with Crippen LogP contribution in [0.3, 0.4) is 0 Å². The molecule has 20 heavy (non-hydrogen) atoms. The Kier molecular flexibility index (Phi) is 3.66. The zero-order chi connectivity index (χ0) is 14.1. The number of aliphatic hydroxyl groups is 1. The molecule has 0 bridgehead atoms. The third kappa shape index (κ3) is 2.40. The average molecular weight is 274 g/mol. The quantitative estimate of drug-likeness (QED) is 0.791. The number of hydrogen-bond donors (Lipinski definition) is 3. The van der Waals surface area contributed by atoms with Gasteiger partial charge < -0.3 is 15.7 Å². The number of hydrogen-bond acceptors (Lipinski definition) is 2. The summed E-state index contributed by atoms with van der Waals surface area (Å²) >= 11 is 0. The smallest absolute Gasteiger partial charge is 0.315 e. The minimum absolute atomic E-state index is 0.0402. The Morgan fingerprint density at radius 1 is 1.50 bits per heavy atom. The van der Waals surface area contributed by atoms with Gasteiger partial charge in [-0.15, -0.1) is 0 Å². The topological polar surface area (TPSA) is 61.4 Å². The maximum atomic E-state index is 11.9. The first-order chi connectivity index (χ1) is 9.69. The van der Waals surface area contributed by atoms with E-state index < -0.39 is 0 Å². The first-order valence-corrected chi connectivity index (χ1v) is 7.48. The molecule has 0 fully saturated rings. The van der Waals surface area contributed by atoms with Crippen LogP contribution in [0, 0.1) is 0 Å². The van der Waals surface area contributed by atoms with E-state index in [9.17, 15) is 4.79 Å². The molecule has 4 nitrogen and oxygen atoms in total. The molecule has 0 heterocycles. The Morgan fingerprint density at radius 2 is 2.35 bits per heavy atom. The third-order valence-corrected chi connectivity index (χ3v) is 4.49. The van der Waals surface area contributed by atoms with Gasteiger partial charge in [-0.3, -0.25) is 0 Å². The number of nitrogens with one attached hydrogen (secondary N) is 2. The molecule has 0 saturated heterocycles. The largest absolute Gasteiger partial charge is 0.394 e. The number of benzene rings is 1. The monoisotopic (exact) mass is 274 g/mol. The van der Waals surface area contributed by atoms with Crippen LogP contribution in [0.25, 0.3) is 0 Å². The van der Waals surface area contributed by atoms with Crippen molar-refractivity contribution < 1.29 is 9.90 Å². The second kappa shape index (κ2) is 5.44. The van der Waals surface area contributed by atoms with E-state index in [1.807, 2.05) is 0 Å². The summed E-state index contributed by atoms with van der Waals surface area (Å²) in [5.41, 5.74) is 4.24. The minimum atomic E-state index is -0.214. The highest BCUT2D eigenvalue weighted by molar-refractivity contribution is 5.75. The van der Waals surface area contributed by atoms with Crippen molar-refractivity contribution in [1.29, 1.82) is 0 Å². The fourth-order valence-corrected chi connectivity index (χ4v) is 3.59. The van der Waals surface area contributed by atoms with Gasteiger partial charge in [0.2, 0.25) is 0 Å². The lowest BCUT2D eigenvalue weighted by atomic mass is 9.84. The Hall–Kier alpha value is -1.55. The van der Waals surface area contributed by atoms with Crippen LogP contribution >= 0.6 is 0 Å². The fourth-order valence-electron chi connectivity index (χ4n) is 3.59. The molecule has 0 aliphatic heterocycles. The summed E-state index contributed by atoms with van der Waals surface area (Å²) in [6, 6.07) is 6.18. The van der Waals surface area contributed by atoms with Crippen molar-refractivity contribution >= 4 is 6.03 Å². The average Bonchev–Trinajstić information content (AvgIpc) is 2.79. The van der Waals surface area contributed by atoms with Gasteiger partial charge in [0, 0.05) is 0 Å². The molecular weight excluding hydrogens is 252 g/mol. The summed E-state index contributed by atoms with van der Waals surface area (Å²) < 4.78 is 0. The van der Waals surface area contributed by atoms with Gasteiger partial charge in [0.05, 0.1) is 18.7 Å². The molecule has 1 aromatic carbocycles. The molecule has 2 amide bonds. The number of carbonyl (C=O) groups excluding carboxylic acids is 1. The van der Waals surface area contributed by atoms with Gasteiger partial charge in [-0.2, -0.15) is 0 Å². The molecule has 3 N–H and O–H groups in total. The number of rotatable bonds is 3. The highest BCUT2D eigenvalue weighted by Crippen LogP contribution is 2.47. The fraction of sp³-hybridized carbons (Fsp3) is 0.562. The summed E-state index contributed by atoms with van der Waals surface area (Å²) in [4.78, 5) is 11.9. The lowest BCUT2D eigenvalue weighted by Crippen LogP contribution is -2.43. The van der Waals surface area contributed by atoms with Crippen molar-refractivity contribution in [1.82, 2.24) is 10.6 Å². The number of aliphatic hydroxyl groups excluding tert-OH is 1. The van der Waals surface area contributed by atoms with Crippen LogP contribution in [-0.2, 0) is 6.42 Å². The summed E-state index contributed by atoms with van der Waals surface area (Å²) in [6.07, 6.45) is 4.66. The number of urea groups is 1. The van der Waals surface area contributed by atoms with Gasteiger partial charge in [0.25, 0.3) is 0 Å². The van der Waals surface area contributed by atoms with E-state index >= 15 is 0 Å².